The molecule has 0 fully saturated rings. The van der Waals surface area contributed by atoms with Crippen molar-refractivity contribution in [1.29, 1.82) is 0 Å². The Morgan fingerprint density at radius 1 is 1.73 bits per heavy atom. The second-order valence-electron chi connectivity index (χ2n) is 2.48. The minimum Gasteiger partial charge on any atom is -0.480 e. The number of hydrogen-bond acceptors (Lipinski definition) is 3. The van der Waals surface area contributed by atoms with Crippen molar-refractivity contribution in [2.45, 2.75) is 18.1 Å². The van der Waals surface area contributed by atoms with E-state index in [0.29, 0.717) is 13.0 Å². The lowest BCUT2D eigenvalue weighted by atomic mass is 10.1. The largest absolute Gasteiger partial charge is 0.480 e. The lowest BCUT2D eigenvalue weighted by Gasteiger charge is -2.21. The van der Waals surface area contributed by atoms with Crippen molar-refractivity contribution in [2.24, 2.45) is 0 Å². The number of rotatable bonds is 5. The summed E-state index contributed by atoms with van der Waals surface area (Å²) in [4.78, 5) is 10.7. The highest BCUT2D eigenvalue weighted by Crippen LogP contribution is 2.26. The number of ether oxygens (including phenoxy) is 1. The summed E-state index contributed by atoms with van der Waals surface area (Å²) in [6, 6.07) is 0. The van der Waals surface area contributed by atoms with Gasteiger partial charge in [0, 0.05) is 13.7 Å². The molecular weight excluding hydrogens is 164 g/mol. The van der Waals surface area contributed by atoms with E-state index in [1.807, 2.05) is 0 Å². The van der Waals surface area contributed by atoms with Crippen molar-refractivity contribution in [3.63, 3.8) is 0 Å². The lowest BCUT2D eigenvalue weighted by Crippen LogP contribution is -2.32. The van der Waals surface area contributed by atoms with Gasteiger partial charge in [-0.1, -0.05) is 0 Å². The second-order valence-corrected chi connectivity index (χ2v) is 3.79. The third-order valence-corrected chi connectivity index (χ3v) is 2.97. The molecule has 0 saturated carbocycles. The summed E-state index contributed by atoms with van der Waals surface area (Å²) in [6.07, 6.45) is 2.34. The van der Waals surface area contributed by atoms with E-state index in [0.717, 1.165) is 0 Å². The Morgan fingerprint density at radius 2 is 2.27 bits per heavy atom. The number of hydrogen-bond donors (Lipinski definition) is 1. The van der Waals surface area contributed by atoms with Gasteiger partial charge in [0.25, 0.3) is 0 Å². The molecule has 1 unspecified atom stereocenters. The monoisotopic (exact) mass is 178 g/mol. The van der Waals surface area contributed by atoms with Crippen LogP contribution in [0.25, 0.3) is 0 Å². The predicted molar refractivity (Wildman–Crippen MR) is 46.0 cm³/mol. The Hall–Kier alpha value is -0.220. The van der Waals surface area contributed by atoms with E-state index in [-0.39, 0.29) is 0 Å². The van der Waals surface area contributed by atoms with Gasteiger partial charge in [-0.2, -0.15) is 0 Å². The fourth-order valence-corrected chi connectivity index (χ4v) is 1.06. The summed E-state index contributed by atoms with van der Waals surface area (Å²) in [5.41, 5.74) is 0. The van der Waals surface area contributed by atoms with Gasteiger partial charge in [0.1, 0.15) is 4.75 Å². The van der Waals surface area contributed by atoms with Crippen LogP contribution in [0.15, 0.2) is 0 Å². The first-order valence-electron chi connectivity index (χ1n) is 3.34. The molecule has 0 aliphatic carbocycles. The molecular formula is C7H14O3S. The van der Waals surface area contributed by atoms with E-state index in [9.17, 15) is 4.79 Å². The van der Waals surface area contributed by atoms with E-state index >= 15 is 0 Å². The molecule has 0 spiro atoms. The molecule has 1 N–H and O–H groups in total. The van der Waals surface area contributed by atoms with Gasteiger partial charge in [-0.15, -0.1) is 11.8 Å². The van der Waals surface area contributed by atoms with E-state index in [4.69, 9.17) is 9.84 Å². The molecule has 66 valence electrons. The van der Waals surface area contributed by atoms with Crippen LogP contribution >= 0.6 is 11.8 Å². The Kier molecular flexibility index (Phi) is 4.52. The highest BCUT2D eigenvalue weighted by Gasteiger charge is 2.31. The molecule has 0 bridgehead atoms. The Morgan fingerprint density at radius 3 is 2.55 bits per heavy atom. The number of thioether (sulfide) groups is 1. The van der Waals surface area contributed by atoms with Crippen LogP contribution in [-0.4, -0.2) is 35.8 Å². The summed E-state index contributed by atoms with van der Waals surface area (Å²) < 4.78 is 4.11. The highest BCUT2D eigenvalue weighted by atomic mass is 32.2. The summed E-state index contributed by atoms with van der Waals surface area (Å²) in [7, 11) is 1.57. The summed E-state index contributed by atoms with van der Waals surface area (Å²) in [6.45, 7) is 2.20. The number of carbonyl (C=O) groups is 1. The fourth-order valence-electron chi connectivity index (χ4n) is 0.593. The van der Waals surface area contributed by atoms with Crippen LogP contribution < -0.4 is 0 Å². The maximum absolute atomic E-state index is 10.7. The first-order valence-corrected chi connectivity index (χ1v) is 4.57. The molecule has 0 aromatic rings. The molecule has 11 heavy (non-hydrogen) atoms. The van der Waals surface area contributed by atoms with Gasteiger partial charge in [0.2, 0.25) is 0 Å². The molecule has 1 atom stereocenters. The zero-order valence-electron chi connectivity index (χ0n) is 7.09. The van der Waals surface area contributed by atoms with Gasteiger partial charge in [-0.25, -0.2) is 0 Å². The third-order valence-electron chi connectivity index (χ3n) is 1.69. The first kappa shape index (κ1) is 10.8. The van der Waals surface area contributed by atoms with E-state index < -0.39 is 10.7 Å². The Bertz CT molecular complexity index is 138. The highest BCUT2D eigenvalue weighted by molar-refractivity contribution is 8.00. The van der Waals surface area contributed by atoms with Gasteiger partial charge in [-0.05, 0) is 19.6 Å². The summed E-state index contributed by atoms with van der Waals surface area (Å²) >= 11 is 1.34. The summed E-state index contributed by atoms with van der Waals surface area (Å²) in [5, 5.41) is 8.78. The molecule has 0 rings (SSSR count). The normalized spacial score (nSPS) is 15.9. The lowest BCUT2D eigenvalue weighted by molar-refractivity contribution is -0.139. The molecule has 0 aromatic heterocycles. The minimum absolute atomic E-state index is 0.490. The van der Waals surface area contributed by atoms with Gasteiger partial charge in [-0.3, -0.25) is 4.79 Å². The zero-order chi connectivity index (χ0) is 8.91. The van der Waals surface area contributed by atoms with Crippen molar-refractivity contribution >= 4 is 17.7 Å². The molecule has 0 aliphatic rings. The fraction of sp³-hybridized carbons (Fsp3) is 0.857. The van der Waals surface area contributed by atoms with Crippen LogP contribution in [0, 0.1) is 0 Å². The molecule has 0 saturated heterocycles. The maximum atomic E-state index is 10.7. The van der Waals surface area contributed by atoms with Crippen molar-refractivity contribution in [3.8, 4) is 0 Å². The topological polar surface area (TPSA) is 46.5 Å². The van der Waals surface area contributed by atoms with Gasteiger partial charge in [0.05, 0.1) is 0 Å². The number of carboxylic acids is 1. The average Bonchev–Trinajstić information content (AvgIpc) is 2.00. The average molecular weight is 178 g/mol. The zero-order valence-corrected chi connectivity index (χ0v) is 7.90. The van der Waals surface area contributed by atoms with Crippen molar-refractivity contribution < 1.29 is 14.6 Å². The predicted octanol–water partition coefficient (Wildman–Crippen LogP) is 1.23. The molecule has 0 aliphatic heterocycles. The molecule has 4 heteroatoms. The van der Waals surface area contributed by atoms with Crippen LogP contribution in [0.5, 0.6) is 0 Å². The van der Waals surface area contributed by atoms with Crippen molar-refractivity contribution in [2.75, 3.05) is 20.0 Å². The summed E-state index contributed by atoms with van der Waals surface area (Å²) in [5.74, 6) is -0.776. The minimum atomic E-state index is -0.776. The molecule has 0 aromatic carbocycles. The van der Waals surface area contributed by atoms with Gasteiger partial charge < -0.3 is 9.84 Å². The smallest absolute Gasteiger partial charge is 0.319 e. The van der Waals surface area contributed by atoms with Gasteiger partial charge in [0.15, 0.2) is 0 Å². The standard InChI is InChI=1S/C7H14O3S/c1-7(11-3,6(8)9)4-5-10-2/h4-5H2,1-3H3,(H,8,9). The second kappa shape index (κ2) is 4.62. The quantitative estimate of drug-likeness (QED) is 0.687. The van der Waals surface area contributed by atoms with E-state index in [1.165, 1.54) is 11.8 Å². The SMILES string of the molecule is COCCC(C)(SC)C(=O)O. The first-order chi connectivity index (χ1) is 5.06. The van der Waals surface area contributed by atoms with E-state index in [1.54, 1.807) is 20.3 Å². The molecule has 0 radical (unpaired) electrons. The van der Waals surface area contributed by atoms with Crippen molar-refractivity contribution in [1.82, 2.24) is 0 Å². The van der Waals surface area contributed by atoms with Crippen LogP contribution in [0.1, 0.15) is 13.3 Å². The van der Waals surface area contributed by atoms with Crippen molar-refractivity contribution in [3.05, 3.63) is 0 Å². The number of aliphatic carboxylic acids is 1. The maximum Gasteiger partial charge on any atom is 0.319 e. The van der Waals surface area contributed by atoms with Crippen LogP contribution in [0.2, 0.25) is 0 Å². The van der Waals surface area contributed by atoms with Crippen LogP contribution in [0.3, 0.4) is 0 Å². The third kappa shape index (κ3) is 3.12. The Balaban J connectivity index is 3.99. The molecule has 0 heterocycles. The number of methoxy groups -OCH3 is 1. The molecule has 3 nitrogen and oxygen atoms in total. The van der Waals surface area contributed by atoms with Gasteiger partial charge >= 0.3 is 5.97 Å². The van der Waals surface area contributed by atoms with Crippen LogP contribution in [-0.2, 0) is 9.53 Å². The van der Waals surface area contributed by atoms with E-state index in [2.05, 4.69) is 0 Å². The Labute approximate surface area is 71.1 Å². The molecule has 0 amide bonds. The number of carboxylic acid groups (broad SMARTS) is 1. The van der Waals surface area contributed by atoms with Crippen LogP contribution in [0.4, 0.5) is 0 Å².